The van der Waals surface area contributed by atoms with Crippen molar-refractivity contribution in [3.63, 3.8) is 0 Å². The minimum atomic E-state index is -0.141. The summed E-state index contributed by atoms with van der Waals surface area (Å²) >= 11 is 0. The molecule has 2 heterocycles. The first-order valence-corrected chi connectivity index (χ1v) is 7.19. The zero-order chi connectivity index (χ0) is 14.8. The molecular formula is C15H19N5O. The van der Waals surface area contributed by atoms with Gasteiger partial charge in [0.1, 0.15) is 5.82 Å². The summed E-state index contributed by atoms with van der Waals surface area (Å²) in [5.74, 6) is 1.81. The molecule has 1 aromatic heterocycles. The summed E-state index contributed by atoms with van der Waals surface area (Å²) in [6.45, 7) is 2.87. The Kier molecular flexibility index (Phi) is 3.60. The summed E-state index contributed by atoms with van der Waals surface area (Å²) in [5.41, 5.74) is 7.30. The van der Waals surface area contributed by atoms with Gasteiger partial charge >= 0.3 is 0 Å². The maximum atomic E-state index is 12.1. The van der Waals surface area contributed by atoms with E-state index in [1.165, 1.54) is 0 Å². The van der Waals surface area contributed by atoms with Crippen molar-refractivity contribution in [3.05, 3.63) is 41.5 Å². The Labute approximate surface area is 123 Å². The van der Waals surface area contributed by atoms with Crippen molar-refractivity contribution in [3.8, 4) is 0 Å². The first-order chi connectivity index (χ1) is 10.1. The number of hydrogen-bond acceptors (Lipinski definition) is 4. The first-order valence-electron chi connectivity index (χ1n) is 7.19. The average molecular weight is 285 g/mol. The minimum absolute atomic E-state index is 0.0385. The van der Waals surface area contributed by atoms with E-state index < -0.39 is 0 Å². The van der Waals surface area contributed by atoms with Crippen LogP contribution in [0.25, 0.3) is 0 Å². The first kappa shape index (κ1) is 13.6. The Bertz CT molecular complexity index is 664. The van der Waals surface area contributed by atoms with Crippen LogP contribution in [0.2, 0.25) is 0 Å². The van der Waals surface area contributed by atoms with Crippen molar-refractivity contribution in [2.75, 3.05) is 5.73 Å². The molecule has 1 unspecified atom stereocenters. The van der Waals surface area contributed by atoms with Gasteiger partial charge in [-0.3, -0.25) is 4.79 Å². The molecular weight excluding hydrogens is 266 g/mol. The van der Waals surface area contributed by atoms with Gasteiger partial charge in [-0.25, -0.2) is 0 Å². The number of carbonyl (C=O) groups is 1. The van der Waals surface area contributed by atoms with Gasteiger partial charge in [-0.05, 0) is 31.0 Å². The fraction of sp³-hybridized carbons (Fsp3) is 0.400. The van der Waals surface area contributed by atoms with Crippen molar-refractivity contribution in [1.82, 2.24) is 20.1 Å². The van der Waals surface area contributed by atoms with Crippen molar-refractivity contribution in [2.24, 2.45) is 0 Å². The highest BCUT2D eigenvalue weighted by atomic mass is 16.1. The van der Waals surface area contributed by atoms with Crippen LogP contribution in [0.15, 0.2) is 24.3 Å². The summed E-state index contributed by atoms with van der Waals surface area (Å²) in [7, 11) is 0. The lowest BCUT2D eigenvalue weighted by Gasteiger charge is -2.14. The molecule has 1 amide bonds. The van der Waals surface area contributed by atoms with E-state index in [0.717, 1.165) is 36.6 Å². The van der Waals surface area contributed by atoms with Crippen molar-refractivity contribution >= 4 is 11.6 Å². The number of amides is 1. The molecule has 3 rings (SSSR count). The van der Waals surface area contributed by atoms with Crippen LogP contribution in [0.5, 0.6) is 0 Å². The Morgan fingerprint density at radius 2 is 2.33 bits per heavy atom. The van der Waals surface area contributed by atoms with E-state index in [-0.39, 0.29) is 11.9 Å². The van der Waals surface area contributed by atoms with Gasteiger partial charge in [0.2, 0.25) is 5.91 Å². The average Bonchev–Trinajstić information content (AvgIpc) is 3.00. The monoisotopic (exact) mass is 285 g/mol. The predicted octanol–water partition coefficient (Wildman–Crippen LogP) is 1.23. The molecule has 1 aromatic carbocycles. The lowest BCUT2D eigenvalue weighted by atomic mass is 10.1. The molecule has 21 heavy (non-hydrogen) atoms. The molecule has 3 N–H and O–H groups in total. The topological polar surface area (TPSA) is 85.8 Å². The summed E-state index contributed by atoms with van der Waals surface area (Å²) in [6.07, 6.45) is 2.38. The Balaban J connectivity index is 1.64. The van der Waals surface area contributed by atoms with E-state index in [1.807, 2.05) is 31.2 Å². The van der Waals surface area contributed by atoms with E-state index in [4.69, 9.17) is 5.73 Å². The van der Waals surface area contributed by atoms with E-state index in [1.54, 1.807) is 0 Å². The predicted molar refractivity (Wildman–Crippen MR) is 79.5 cm³/mol. The lowest BCUT2D eigenvalue weighted by Crippen LogP contribution is -2.30. The molecule has 1 aliphatic rings. The second kappa shape index (κ2) is 5.55. The van der Waals surface area contributed by atoms with Gasteiger partial charge in [-0.2, -0.15) is 0 Å². The van der Waals surface area contributed by atoms with Crippen LogP contribution in [0.3, 0.4) is 0 Å². The Morgan fingerprint density at radius 1 is 1.48 bits per heavy atom. The highest BCUT2D eigenvalue weighted by Crippen LogP contribution is 2.19. The van der Waals surface area contributed by atoms with Crippen LogP contribution in [0.1, 0.15) is 36.6 Å². The molecule has 1 aliphatic heterocycles. The summed E-state index contributed by atoms with van der Waals surface area (Å²) in [4.78, 5) is 12.1. The quantitative estimate of drug-likeness (QED) is 0.827. The van der Waals surface area contributed by atoms with Crippen LogP contribution >= 0.6 is 0 Å². The number of nitrogen functional groups attached to an aromatic ring is 1. The smallest absolute Gasteiger partial charge is 0.224 e. The number of fused-ring (bicyclic) bond motifs is 1. The van der Waals surface area contributed by atoms with Crippen molar-refractivity contribution in [2.45, 2.75) is 38.8 Å². The largest absolute Gasteiger partial charge is 0.399 e. The molecule has 1 atom stereocenters. The molecule has 2 aromatic rings. The third-order valence-corrected chi connectivity index (χ3v) is 3.72. The lowest BCUT2D eigenvalue weighted by molar-refractivity contribution is -0.121. The number of benzene rings is 1. The van der Waals surface area contributed by atoms with Gasteiger partial charge in [0.15, 0.2) is 5.82 Å². The van der Waals surface area contributed by atoms with Crippen molar-refractivity contribution < 1.29 is 4.79 Å². The molecule has 0 spiro atoms. The zero-order valence-corrected chi connectivity index (χ0v) is 12.0. The fourth-order valence-electron chi connectivity index (χ4n) is 2.74. The van der Waals surface area contributed by atoms with Crippen molar-refractivity contribution in [1.29, 1.82) is 0 Å². The molecule has 110 valence electrons. The van der Waals surface area contributed by atoms with Crippen LogP contribution in [0, 0.1) is 0 Å². The van der Waals surface area contributed by atoms with Crippen LogP contribution in [-0.4, -0.2) is 20.7 Å². The van der Waals surface area contributed by atoms with Gasteiger partial charge in [-0.1, -0.05) is 12.1 Å². The van der Waals surface area contributed by atoms with Gasteiger partial charge < -0.3 is 15.6 Å². The van der Waals surface area contributed by atoms with Gasteiger partial charge in [0.05, 0.1) is 12.5 Å². The number of nitrogens with one attached hydrogen (secondary N) is 1. The summed E-state index contributed by atoms with van der Waals surface area (Å²) < 4.78 is 2.10. The van der Waals surface area contributed by atoms with Crippen LogP contribution in [0.4, 0.5) is 5.69 Å². The minimum Gasteiger partial charge on any atom is -0.399 e. The third kappa shape index (κ3) is 2.89. The number of aryl methyl sites for hydroxylation is 1. The van der Waals surface area contributed by atoms with Crippen LogP contribution < -0.4 is 11.1 Å². The molecule has 0 aliphatic carbocycles. The molecule has 0 bridgehead atoms. The maximum absolute atomic E-state index is 12.1. The summed E-state index contributed by atoms with van der Waals surface area (Å²) in [6, 6.07) is 7.24. The maximum Gasteiger partial charge on any atom is 0.224 e. The van der Waals surface area contributed by atoms with E-state index in [2.05, 4.69) is 20.1 Å². The highest BCUT2D eigenvalue weighted by molar-refractivity contribution is 5.79. The molecule has 0 fully saturated rings. The van der Waals surface area contributed by atoms with E-state index >= 15 is 0 Å². The number of hydrogen-bond donors (Lipinski definition) is 2. The second-order valence-corrected chi connectivity index (χ2v) is 5.44. The number of anilines is 1. The number of nitrogens with two attached hydrogens (primary N) is 1. The molecule has 6 nitrogen and oxygen atoms in total. The van der Waals surface area contributed by atoms with Gasteiger partial charge in [0, 0.05) is 18.7 Å². The number of nitrogens with zero attached hydrogens (tertiary/aromatic N) is 3. The Morgan fingerprint density at radius 3 is 3.14 bits per heavy atom. The molecule has 0 radical (unpaired) electrons. The van der Waals surface area contributed by atoms with Gasteiger partial charge in [-0.15, -0.1) is 10.2 Å². The SMILES string of the molecule is CC(NC(=O)Cc1cccc(N)c1)c1nnc2n1CCC2. The van der Waals surface area contributed by atoms with E-state index in [9.17, 15) is 4.79 Å². The highest BCUT2D eigenvalue weighted by Gasteiger charge is 2.22. The number of rotatable bonds is 4. The Hall–Kier alpha value is -2.37. The number of carbonyl (C=O) groups excluding carboxylic acids is 1. The molecule has 0 saturated heterocycles. The normalized spacial score (nSPS) is 14.7. The summed E-state index contributed by atoms with van der Waals surface area (Å²) in [5, 5.41) is 11.3. The number of aromatic nitrogens is 3. The van der Waals surface area contributed by atoms with Gasteiger partial charge in [0.25, 0.3) is 0 Å². The third-order valence-electron chi connectivity index (χ3n) is 3.72. The zero-order valence-electron chi connectivity index (χ0n) is 12.0. The standard InChI is InChI=1S/C15H19N5O/c1-10(15-19-18-13-6-3-7-20(13)15)17-14(21)9-11-4-2-5-12(16)8-11/h2,4-5,8,10H,3,6-7,9,16H2,1H3,(H,17,21). The second-order valence-electron chi connectivity index (χ2n) is 5.44. The van der Waals surface area contributed by atoms with E-state index in [0.29, 0.717) is 12.1 Å². The van der Waals surface area contributed by atoms with Crippen LogP contribution in [-0.2, 0) is 24.2 Å². The molecule has 6 heteroatoms. The molecule has 0 saturated carbocycles. The fourth-order valence-corrected chi connectivity index (χ4v) is 2.74.